The van der Waals surface area contributed by atoms with Crippen LogP contribution in [0.2, 0.25) is 5.02 Å². The smallest absolute Gasteiger partial charge is 0.129 e. The molecule has 106 valence electrons. The van der Waals surface area contributed by atoms with Gasteiger partial charge in [0.1, 0.15) is 17.5 Å². The third-order valence-electron chi connectivity index (χ3n) is 3.15. The maximum Gasteiger partial charge on any atom is 0.129 e. The topological polar surface area (TPSA) is 12.0 Å². The zero-order valence-electron chi connectivity index (χ0n) is 10.8. The molecular weight excluding hydrogens is 287 g/mol. The fraction of sp³-hybridized carbons (Fsp3) is 0.200. The van der Waals surface area contributed by atoms with Gasteiger partial charge in [0, 0.05) is 16.6 Å². The molecule has 20 heavy (non-hydrogen) atoms. The van der Waals surface area contributed by atoms with E-state index < -0.39 is 23.5 Å². The lowest BCUT2D eigenvalue weighted by atomic mass is 9.98. The molecule has 1 unspecified atom stereocenters. The van der Waals surface area contributed by atoms with Gasteiger partial charge in [-0.25, -0.2) is 13.2 Å². The largest absolute Gasteiger partial charge is 0.313 e. The minimum atomic E-state index is -0.627. The van der Waals surface area contributed by atoms with E-state index in [1.165, 1.54) is 36.4 Å². The summed E-state index contributed by atoms with van der Waals surface area (Å²) in [6.45, 7) is 0. The highest BCUT2D eigenvalue weighted by molar-refractivity contribution is 6.31. The van der Waals surface area contributed by atoms with Crippen molar-refractivity contribution in [3.63, 3.8) is 0 Å². The first kappa shape index (κ1) is 14.9. The summed E-state index contributed by atoms with van der Waals surface area (Å²) in [7, 11) is 1.63. The quantitative estimate of drug-likeness (QED) is 0.889. The van der Waals surface area contributed by atoms with Gasteiger partial charge >= 0.3 is 0 Å². The summed E-state index contributed by atoms with van der Waals surface area (Å²) in [6, 6.07) is 7.14. The van der Waals surface area contributed by atoms with Crippen LogP contribution < -0.4 is 5.32 Å². The fourth-order valence-corrected chi connectivity index (χ4v) is 2.33. The van der Waals surface area contributed by atoms with E-state index in [0.29, 0.717) is 10.6 Å². The lowest BCUT2D eigenvalue weighted by molar-refractivity contribution is 0.513. The molecule has 0 radical (unpaired) electrons. The Kier molecular flexibility index (Phi) is 4.68. The molecule has 0 aliphatic carbocycles. The van der Waals surface area contributed by atoms with Gasteiger partial charge < -0.3 is 5.32 Å². The van der Waals surface area contributed by atoms with Crippen molar-refractivity contribution in [3.8, 4) is 0 Å². The average molecular weight is 300 g/mol. The van der Waals surface area contributed by atoms with Gasteiger partial charge in [-0.05, 0) is 49.4 Å². The molecule has 0 bridgehead atoms. The number of halogens is 4. The van der Waals surface area contributed by atoms with Crippen molar-refractivity contribution in [2.45, 2.75) is 12.5 Å². The van der Waals surface area contributed by atoms with E-state index in [-0.39, 0.29) is 12.0 Å². The Balaban J connectivity index is 2.36. The molecule has 2 aromatic carbocycles. The molecule has 0 aromatic heterocycles. The average Bonchev–Trinajstić information content (AvgIpc) is 2.42. The fourth-order valence-electron chi connectivity index (χ4n) is 2.08. The van der Waals surface area contributed by atoms with E-state index >= 15 is 0 Å². The summed E-state index contributed by atoms with van der Waals surface area (Å²) in [5, 5.41) is 3.25. The van der Waals surface area contributed by atoms with Crippen molar-refractivity contribution in [2.75, 3.05) is 7.05 Å². The molecule has 0 aliphatic rings. The Hall–Kier alpha value is -1.52. The molecule has 0 fully saturated rings. The second-order valence-electron chi connectivity index (χ2n) is 4.41. The minimum Gasteiger partial charge on any atom is -0.313 e. The molecule has 0 amide bonds. The third kappa shape index (κ3) is 3.14. The Labute approximate surface area is 120 Å². The molecule has 1 N–H and O–H groups in total. The van der Waals surface area contributed by atoms with Crippen LogP contribution in [0.15, 0.2) is 36.4 Å². The summed E-state index contributed by atoms with van der Waals surface area (Å²) in [6.07, 6.45) is 0.0399. The number of nitrogens with one attached hydrogen (secondary N) is 1. The second-order valence-corrected chi connectivity index (χ2v) is 4.82. The predicted octanol–water partition coefficient (Wildman–Crippen LogP) is 4.26. The summed E-state index contributed by atoms with van der Waals surface area (Å²) in [4.78, 5) is 0. The van der Waals surface area contributed by atoms with E-state index in [4.69, 9.17) is 11.6 Å². The van der Waals surface area contributed by atoms with Gasteiger partial charge in [0.25, 0.3) is 0 Å². The Morgan fingerprint density at radius 1 is 1.10 bits per heavy atom. The van der Waals surface area contributed by atoms with Gasteiger partial charge in [0.15, 0.2) is 0 Å². The van der Waals surface area contributed by atoms with Crippen LogP contribution in [0.5, 0.6) is 0 Å². The lowest BCUT2D eigenvalue weighted by Crippen LogP contribution is -2.20. The predicted molar refractivity (Wildman–Crippen MR) is 73.3 cm³/mol. The van der Waals surface area contributed by atoms with Crippen LogP contribution in [0.4, 0.5) is 13.2 Å². The Morgan fingerprint density at radius 3 is 2.35 bits per heavy atom. The highest BCUT2D eigenvalue weighted by Crippen LogP contribution is 2.28. The molecule has 2 rings (SSSR count). The summed E-state index contributed by atoms with van der Waals surface area (Å²) in [5.74, 6) is -1.70. The van der Waals surface area contributed by atoms with E-state index in [2.05, 4.69) is 5.32 Å². The molecule has 2 aromatic rings. The highest BCUT2D eigenvalue weighted by Gasteiger charge is 2.18. The highest BCUT2D eigenvalue weighted by atomic mass is 35.5. The van der Waals surface area contributed by atoms with E-state index in [0.717, 1.165) is 0 Å². The molecule has 0 heterocycles. The van der Waals surface area contributed by atoms with Crippen molar-refractivity contribution >= 4 is 11.6 Å². The normalized spacial score (nSPS) is 12.4. The first-order valence-electron chi connectivity index (χ1n) is 6.08. The van der Waals surface area contributed by atoms with Crippen LogP contribution in [0, 0.1) is 17.5 Å². The first-order chi connectivity index (χ1) is 9.52. The van der Waals surface area contributed by atoms with Gasteiger partial charge in [0.05, 0.1) is 0 Å². The van der Waals surface area contributed by atoms with Crippen LogP contribution in [-0.4, -0.2) is 7.05 Å². The van der Waals surface area contributed by atoms with E-state index in [1.807, 2.05) is 0 Å². The van der Waals surface area contributed by atoms with Crippen LogP contribution in [0.3, 0.4) is 0 Å². The molecular formula is C15H13ClF3N. The number of hydrogen-bond donors (Lipinski definition) is 1. The van der Waals surface area contributed by atoms with E-state index in [1.54, 1.807) is 7.05 Å². The van der Waals surface area contributed by atoms with Gasteiger partial charge in [-0.3, -0.25) is 0 Å². The minimum absolute atomic E-state index is 0.0399. The maximum absolute atomic E-state index is 13.7. The number of benzene rings is 2. The molecule has 0 aliphatic heterocycles. The molecule has 0 saturated carbocycles. The van der Waals surface area contributed by atoms with Crippen molar-refractivity contribution in [3.05, 3.63) is 70.0 Å². The molecule has 1 atom stereocenters. The molecule has 5 heteroatoms. The summed E-state index contributed by atoms with van der Waals surface area (Å²) < 4.78 is 40.6. The zero-order valence-corrected chi connectivity index (χ0v) is 11.5. The molecule has 0 saturated heterocycles. The van der Waals surface area contributed by atoms with Crippen LogP contribution in [-0.2, 0) is 6.42 Å². The van der Waals surface area contributed by atoms with Crippen molar-refractivity contribution in [1.82, 2.24) is 5.32 Å². The van der Waals surface area contributed by atoms with Crippen LogP contribution in [0.1, 0.15) is 17.2 Å². The van der Waals surface area contributed by atoms with Gasteiger partial charge in [-0.15, -0.1) is 0 Å². The number of likely N-dealkylation sites (N-methyl/N-ethyl adjacent to an activating group) is 1. The number of hydrogen-bond acceptors (Lipinski definition) is 1. The monoisotopic (exact) mass is 299 g/mol. The Morgan fingerprint density at radius 2 is 1.75 bits per heavy atom. The number of rotatable bonds is 4. The van der Waals surface area contributed by atoms with Crippen LogP contribution >= 0.6 is 11.6 Å². The van der Waals surface area contributed by atoms with Crippen LogP contribution in [0.25, 0.3) is 0 Å². The maximum atomic E-state index is 13.7. The summed E-state index contributed by atoms with van der Waals surface area (Å²) in [5.41, 5.74) is 0.420. The standard InChI is InChI=1S/C15H13ClF3N/c1-20-15(10-7-9(17)5-6-12(10)16)8-11-13(18)3-2-4-14(11)19/h2-7,15,20H,8H2,1H3. The zero-order chi connectivity index (χ0) is 14.7. The second kappa shape index (κ2) is 6.29. The van der Waals surface area contributed by atoms with Crippen molar-refractivity contribution in [1.29, 1.82) is 0 Å². The lowest BCUT2D eigenvalue weighted by Gasteiger charge is -2.19. The van der Waals surface area contributed by atoms with Crippen molar-refractivity contribution < 1.29 is 13.2 Å². The SMILES string of the molecule is CNC(Cc1c(F)cccc1F)c1cc(F)ccc1Cl. The molecule has 1 nitrogen and oxygen atoms in total. The first-order valence-corrected chi connectivity index (χ1v) is 6.46. The van der Waals surface area contributed by atoms with Gasteiger partial charge in [-0.1, -0.05) is 17.7 Å². The Bertz CT molecular complexity index is 596. The van der Waals surface area contributed by atoms with E-state index in [9.17, 15) is 13.2 Å². The summed E-state index contributed by atoms with van der Waals surface area (Å²) >= 11 is 6.02. The third-order valence-corrected chi connectivity index (χ3v) is 3.50. The van der Waals surface area contributed by atoms with Gasteiger partial charge in [0.2, 0.25) is 0 Å². The molecule has 0 spiro atoms. The van der Waals surface area contributed by atoms with Gasteiger partial charge in [-0.2, -0.15) is 0 Å². The van der Waals surface area contributed by atoms with Crippen molar-refractivity contribution in [2.24, 2.45) is 0 Å².